The molecule has 2 bridgehead atoms. The van der Waals surface area contributed by atoms with E-state index < -0.39 is 47.5 Å². The van der Waals surface area contributed by atoms with E-state index >= 15 is 0 Å². The van der Waals surface area contributed by atoms with E-state index in [1.54, 1.807) is 12.1 Å². The molecule has 4 aliphatic rings. The number of hydrogen-bond donors (Lipinski definition) is 3. The molecule has 0 radical (unpaired) electrons. The number of hydrogen-bond acceptors (Lipinski definition) is 7. The van der Waals surface area contributed by atoms with Gasteiger partial charge in [-0.25, -0.2) is 4.79 Å². The summed E-state index contributed by atoms with van der Waals surface area (Å²) in [4.78, 5) is 29.0. The van der Waals surface area contributed by atoms with Gasteiger partial charge in [0.2, 0.25) is 0 Å². The van der Waals surface area contributed by atoms with Gasteiger partial charge < -0.3 is 29.5 Å². The molecular weight excluding hydrogens is 521 g/mol. The van der Waals surface area contributed by atoms with Crippen LogP contribution in [0.2, 0.25) is 0 Å². The molecule has 0 aromatic heterocycles. The van der Waals surface area contributed by atoms with Crippen molar-refractivity contribution in [1.82, 2.24) is 4.90 Å². The van der Waals surface area contributed by atoms with Crippen LogP contribution >= 0.6 is 0 Å². The Labute approximate surface area is 244 Å². The van der Waals surface area contributed by atoms with Crippen LogP contribution < -0.4 is 10.2 Å². The van der Waals surface area contributed by atoms with Gasteiger partial charge in [0, 0.05) is 30.2 Å². The van der Waals surface area contributed by atoms with E-state index in [0.717, 1.165) is 24.0 Å². The predicted octanol–water partition coefficient (Wildman–Crippen LogP) is 3.41. The summed E-state index contributed by atoms with van der Waals surface area (Å²) >= 11 is 0. The van der Waals surface area contributed by atoms with Crippen LogP contribution in [-0.2, 0) is 27.4 Å². The Morgan fingerprint density at radius 2 is 2.00 bits per heavy atom. The quantitative estimate of drug-likeness (QED) is 0.339. The number of carboxylic acids is 1. The molecule has 1 aliphatic heterocycles. The summed E-state index contributed by atoms with van der Waals surface area (Å²) in [7, 11) is 2.78. The maximum Gasteiger partial charge on any atom is 0.491 e. The number of Topliss-reactive ketones (excluding diaryl/α,β-unsaturated/α-hetero) is 1. The van der Waals surface area contributed by atoms with E-state index in [2.05, 4.69) is 27.4 Å². The van der Waals surface area contributed by atoms with Gasteiger partial charge in [0.05, 0.1) is 12.7 Å². The maximum atomic E-state index is 13.8. The molecule has 0 amide bonds. The Kier molecular flexibility index (Phi) is 7.76. The lowest BCUT2D eigenvalue weighted by atomic mass is 9.41. The lowest BCUT2D eigenvalue weighted by Crippen LogP contribution is -2.63. The van der Waals surface area contributed by atoms with Crippen LogP contribution in [-0.4, -0.2) is 65.3 Å². The third kappa shape index (κ3) is 4.59. The molecule has 1 heterocycles. The first-order valence-corrected chi connectivity index (χ1v) is 15.0. The van der Waals surface area contributed by atoms with Crippen molar-refractivity contribution in [2.75, 3.05) is 14.1 Å². The zero-order chi connectivity index (χ0) is 30.1. The number of rotatable bonds is 7. The fraction of sp³-hybridized carbons (Fsp3) is 0.688. The highest BCUT2D eigenvalue weighted by Gasteiger charge is 2.69. The molecule has 5 rings (SSSR count). The molecule has 1 aromatic rings. The summed E-state index contributed by atoms with van der Waals surface area (Å²) in [6.45, 7) is 13.2. The normalized spacial score (nSPS) is 39.1. The minimum absolute atomic E-state index is 0.0779. The smallest absolute Gasteiger partial charge is 0.478 e. The molecule has 8 nitrogen and oxygen atoms in total. The van der Waals surface area contributed by atoms with Gasteiger partial charge in [0.1, 0.15) is 11.5 Å². The zero-order valence-electron chi connectivity index (χ0n) is 25.4. The first-order valence-electron chi connectivity index (χ1n) is 15.0. The van der Waals surface area contributed by atoms with Gasteiger partial charge in [0.15, 0.2) is 6.10 Å². The summed E-state index contributed by atoms with van der Waals surface area (Å²) in [5.74, 6) is -1.57. The second kappa shape index (κ2) is 10.5. The van der Waals surface area contributed by atoms with Gasteiger partial charge >= 0.3 is 13.1 Å². The molecular formula is C32H46BNO7. The number of aliphatic carboxylic acids is 1. The Morgan fingerprint density at radius 3 is 2.63 bits per heavy atom. The number of carbonyl (C=O) groups is 2. The molecule has 3 N–H and O–H groups in total. The number of aliphatic hydroxyl groups is 1. The number of ketones is 1. The molecule has 0 saturated heterocycles. The number of benzene rings is 1. The highest BCUT2D eigenvalue weighted by molar-refractivity contribution is 6.61. The monoisotopic (exact) mass is 567 g/mol. The molecule has 3 saturated carbocycles. The van der Waals surface area contributed by atoms with Crippen molar-refractivity contribution in [3.8, 4) is 5.75 Å². The number of nitrogens with zero attached hydrogens (tertiary/aromatic N) is 1. The van der Waals surface area contributed by atoms with Gasteiger partial charge in [0.25, 0.3) is 0 Å². The van der Waals surface area contributed by atoms with E-state index in [4.69, 9.17) is 9.39 Å². The first-order chi connectivity index (χ1) is 19.2. The largest absolute Gasteiger partial charge is 0.491 e. The Hall–Kier alpha value is -2.20. The predicted molar refractivity (Wildman–Crippen MR) is 157 cm³/mol. The van der Waals surface area contributed by atoms with Gasteiger partial charge in [-0.1, -0.05) is 33.8 Å². The molecule has 9 atom stereocenters. The van der Waals surface area contributed by atoms with Gasteiger partial charge in [-0.2, -0.15) is 0 Å². The lowest BCUT2D eigenvalue weighted by Gasteiger charge is -2.63. The molecule has 41 heavy (non-hydrogen) atoms. The van der Waals surface area contributed by atoms with E-state index in [1.165, 1.54) is 0 Å². The summed E-state index contributed by atoms with van der Waals surface area (Å²) in [5.41, 5.74) is 0.548. The summed E-state index contributed by atoms with van der Waals surface area (Å²) in [6.07, 6.45) is 2.91. The fourth-order valence-corrected chi connectivity index (χ4v) is 9.29. The number of ether oxygens (including phenoxy) is 1. The minimum atomic E-state index is -1.28. The Bertz CT molecular complexity index is 1240. The van der Waals surface area contributed by atoms with E-state index in [-0.39, 0.29) is 30.1 Å². The maximum absolute atomic E-state index is 13.8. The van der Waals surface area contributed by atoms with E-state index in [9.17, 15) is 24.8 Å². The SMILES string of the molecule is C=C[C@]1(C)C[C@@H](C(Oc2cc(CN(C)C)c3c(c2)B(O)OC3)C(=O)O)[C@@]2(C)[C@H](C)CC[C@]3(CCC(=O)[C@H]32)[C@@H](C)[C@@H]1O. The van der Waals surface area contributed by atoms with Gasteiger partial charge in [-0.15, -0.1) is 6.58 Å². The average Bonchev–Trinajstić information content (AvgIpc) is 3.47. The standard InChI is InChI=1S/C32H46BNO7/c1-8-30(4)15-23(31(5)18(2)9-11-32(19(3)28(30)36)12-10-25(35)27(31)32)26(29(37)38)41-21-13-20(16-34(6)7)22-17-40-33(39)24(22)14-21/h8,13-14,18-19,23,26-28,36,39H,1,9-12,15-17H2,2-7H3,(H,37,38)/t18-,19+,23+,26?,27+,28+,30-,31-,32+/m1/s1. The number of carbonyl (C=O) groups excluding carboxylic acids is 1. The summed E-state index contributed by atoms with van der Waals surface area (Å²) in [5, 5.41) is 33.2. The Morgan fingerprint density at radius 1 is 1.29 bits per heavy atom. The first kappa shape index (κ1) is 30.3. The van der Waals surface area contributed by atoms with Crippen LogP contribution in [0.15, 0.2) is 24.8 Å². The molecule has 3 fully saturated rings. The summed E-state index contributed by atoms with van der Waals surface area (Å²) < 4.78 is 12.0. The van der Waals surface area contributed by atoms with E-state index in [0.29, 0.717) is 37.0 Å². The highest BCUT2D eigenvalue weighted by Crippen LogP contribution is 2.69. The van der Waals surface area contributed by atoms with Crippen molar-refractivity contribution in [1.29, 1.82) is 0 Å². The Balaban J connectivity index is 1.66. The highest BCUT2D eigenvalue weighted by atomic mass is 16.5. The third-order valence-corrected chi connectivity index (χ3v) is 11.8. The van der Waals surface area contributed by atoms with Crippen molar-refractivity contribution < 1.29 is 34.2 Å². The van der Waals surface area contributed by atoms with Crippen molar-refractivity contribution in [2.24, 2.45) is 39.9 Å². The molecule has 224 valence electrons. The molecule has 1 aromatic carbocycles. The van der Waals surface area contributed by atoms with Crippen LogP contribution in [0.5, 0.6) is 5.75 Å². The minimum Gasteiger partial charge on any atom is -0.478 e. The van der Waals surface area contributed by atoms with Gasteiger partial charge in [-0.3, -0.25) is 4.79 Å². The number of fused-ring (bicyclic) bond motifs is 1. The second-order valence-electron chi connectivity index (χ2n) is 14.1. The zero-order valence-corrected chi connectivity index (χ0v) is 25.4. The number of aliphatic hydroxyl groups excluding tert-OH is 1. The molecule has 3 aliphatic carbocycles. The second-order valence-corrected chi connectivity index (χ2v) is 14.1. The topological polar surface area (TPSA) is 117 Å². The number of carboxylic acid groups (broad SMARTS) is 1. The van der Waals surface area contributed by atoms with Crippen molar-refractivity contribution >= 4 is 24.3 Å². The summed E-state index contributed by atoms with van der Waals surface area (Å²) in [6, 6.07) is 3.53. The van der Waals surface area contributed by atoms with Crippen LogP contribution in [0, 0.1) is 39.9 Å². The third-order valence-electron chi connectivity index (χ3n) is 11.8. The van der Waals surface area contributed by atoms with Crippen LogP contribution in [0.4, 0.5) is 0 Å². The van der Waals surface area contributed by atoms with Crippen molar-refractivity contribution in [2.45, 2.75) is 85.2 Å². The van der Waals surface area contributed by atoms with Crippen LogP contribution in [0.3, 0.4) is 0 Å². The molecule has 0 spiro atoms. The van der Waals surface area contributed by atoms with Crippen molar-refractivity contribution in [3.05, 3.63) is 35.9 Å². The average molecular weight is 568 g/mol. The van der Waals surface area contributed by atoms with Gasteiger partial charge in [-0.05, 0) is 91.2 Å². The lowest BCUT2D eigenvalue weighted by molar-refractivity contribution is -0.193. The molecule has 1 unspecified atom stereocenters. The van der Waals surface area contributed by atoms with Crippen LogP contribution in [0.1, 0.15) is 70.9 Å². The van der Waals surface area contributed by atoms with Crippen molar-refractivity contribution in [3.63, 3.8) is 0 Å². The van der Waals surface area contributed by atoms with E-state index in [1.807, 2.05) is 32.0 Å². The molecule has 9 heteroatoms. The fourth-order valence-electron chi connectivity index (χ4n) is 9.29. The van der Waals surface area contributed by atoms with Crippen LogP contribution in [0.25, 0.3) is 0 Å².